The molecule has 0 unspecified atom stereocenters. The number of piperazine rings is 1. The standard InChI is InChI=1S/C16H16F2N2O3/c17-16(18)22-13-4-1-3-11(15(13)23-16)14(12-5-2-10-21-12)20-8-6-19-7-9-20/h1-5,10,14,19H,6-9H2/t14-/m0/s1. The van der Waals surface area contributed by atoms with Gasteiger partial charge in [-0.15, -0.1) is 8.78 Å². The molecule has 2 aliphatic rings. The van der Waals surface area contributed by atoms with Gasteiger partial charge in [0, 0.05) is 31.7 Å². The number of nitrogens with one attached hydrogen (secondary N) is 1. The Morgan fingerprint density at radius 3 is 2.65 bits per heavy atom. The van der Waals surface area contributed by atoms with Crippen LogP contribution in [0.5, 0.6) is 11.5 Å². The molecule has 122 valence electrons. The fourth-order valence-electron chi connectivity index (χ4n) is 3.12. The van der Waals surface area contributed by atoms with Crippen LogP contribution < -0.4 is 14.8 Å². The summed E-state index contributed by atoms with van der Waals surface area (Å²) in [7, 11) is 0. The summed E-state index contributed by atoms with van der Waals surface area (Å²) in [6, 6.07) is 8.30. The molecule has 2 aromatic rings. The van der Waals surface area contributed by atoms with E-state index in [9.17, 15) is 8.78 Å². The predicted octanol–water partition coefficient (Wildman–Crippen LogP) is 2.60. The number of hydrogen-bond acceptors (Lipinski definition) is 5. The summed E-state index contributed by atoms with van der Waals surface area (Å²) in [4.78, 5) is 2.19. The average Bonchev–Trinajstić information content (AvgIpc) is 3.15. The highest BCUT2D eigenvalue weighted by Gasteiger charge is 2.46. The third-order valence-corrected chi connectivity index (χ3v) is 4.08. The molecule has 0 spiro atoms. The first-order valence-corrected chi connectivity index (χ1v) is 7.51. The van der Waals surface area contributed by atoms with E-state index >= 15 is 0 Å². The number of fused-ring (bicyclic) bond motifs is 1. The van der Waals surface area contributed by atoms with Crippen molar-refractivity contribution in [3.63, 3.8) is 0 Å². The second-order valence-electron chi connectivity index (χ2n) is 5.55. The summed E-state index contributed by atoms with van der Waals surface area (Å²) in [5, 5.41) is 3.28. The molecule has 23 heavy (non-hydrogen) atoms. The minimum atomic E-state index is -3.63. The Hall–Kier alpha value is -2.12. The fraction of sp³-hybridized carbons (Fsp3) is 0.375. The zero-order valence-electron chi connectivity index (χ0n) is 12.3. The number of furan rings is 1. The number of halogens is 2. The molecule has 7 heteroatoms. The molecule has 2 aliphatic heterocycles. The van der Waals surface area contributed by atoms with E-state index in [0.717, 1.165) is 26.2 Å². The molecule has 1 fully saturated rings. The zero-order chi connectivity index (χ0) is 15.9. The molecular weight excluding hydrogens is 306 g/mol. The van der Waals surface area contributed by atoms with Crippen molar-refractivity contribution in [2.75, 3.05) is 26.2 Å². The molecule has 1 N–H and O–H groups in total. The Labute approximate surface area is 131 Å². The van der Waals surface area contributed by atoms with Gasteiger partial charge in [-0.3, -0.25) is 4.90 Å². The Bertz CT molecular complexity index is 685. The van der Waals surface area contributed by atoms with E-state index < -0.39 is 6.29 Å². The van der Waals surface area contributed by atoms with Crippen LogP contribution in [0.1, 0.15) is 17.4 Å². The van der Waals surface area contributed by atoms with Gasteiger partial charge in [0.15, 0.2) is 11.5 Å². The molecular formula is C16H16F2N2O3. The van der Waals surface area contributed by atoms with Gasteiger partial charge >= 0.3 is 6.29 Å². The van der Waals surface area contributed by atoms with Gasteiger partial charge in [0.2, 0.25) is 0 Å². The Kier molecular flexibility index (Phi) is 3.46. The number of alkyl halides is 2. The zero-order valence-corrected chi connectivity index (χ0v) is 12.3. The van der Waals surface area contributed by atoms with Crippen molar-refractivity contribution in [2.24, 2.45) is 0 Å². The molecule has 5 nitrogen and oxygen atoms in total. The van der Waals surface area contributed by atoms with Crippen LogP contribution in [0.25, 0.3) is 0 Å². The molecule has 1 saturated heterocycles. The normalized spacial score (nSPS) is 21.3. The highest BCUT2D eigenvalue weighted by atomic mass is 19.3. The fourth-order valence-corrected chi connectivity index (χ4v) is 3.12. The second-order valence-corrected chi connectivity index (χ2v) is 5.55. The second kappa shape index (κ2) is 5.50. The van der Waals surface area contributed by atoms with Gasteiger partial charge in [0.25, 0.3) is 0 Å². The molecule has 0 saturated carbocycles. The number of hydrogen-bond donors (Lipinski definition) is 1. The van der Waals surface area contributed by atoms with E-state index in [0.29, 0.717) is 11.3 Å². The van der Waals surface area contributed by atoms with Crippen molar-refractivity contribution in [3.05, 3.63) is 47.9 Å². The van der Waals surface area contributed by atoms with Gasteiger partial charge in [-0.1, -0.05) is 12.1 Å². The molecule has 4 rings (SSSR count). The first kappa shape index (κ1) is 14.5. The van der Waals surface area contributed by atoms with E-state index in [1.54, 1.807) is 24.5 Å². The quantitative estimate of drug-likeness (QED) is 0.941. The number of para-hydroxylation sites is 1. The van der Waals surface area contributed by atoms with Crippen molar-refractivity contribution in [1.82, 2.24) is 10.2 Å². The minimum Gasteiger partial charge on any atom is -0.467 e. The van der Waals surface area contributed by atoms with Gasteiger partial charge < -0.3 is 19.2 Å². The van der Waals surface area contributed by atoms with E-state index in [-0.39, 0.29) is 17.5 Å². The first-order valence-electron chi connectivity index (χ1n) is 7.51. The smallest absolute Gasteiger partial charge is 0.467 e. The van der Waals surface area contributed by atoms with Crippen molar-refractivity contribution in [2.45, 2.75) is 12.3 Å². The first-order chi connectivity index (χ1) is 11.1. The lowest BCUT2D eigenvalue weighted by molar-refractivity contribution is -0.287. The van der Waals surface area contributed by atoms with Gasteiger partial charge in [-0.2, -0.15) is 0 Å². The van der Waals surface area contributed by atoms with Crippen LogP contribution in [0.4, 0.5) is 8.78 Å². The predicted molar refractivity (Wildman–Crippen MR) is 77.6 cm³/mol. The third kappa shape index (κ3) is 2.66. The Balaban J connectivity index is 1.78. The number of ether oxygens (including phenoxy) is 2. The Morgan fingerprint density at radius 1 is 1.09 bits per heavy atom. The van der Waals surface area contributed by atoms with Gasteiger partial charge in [-0.25, -0.2) is 0 Å². The van der Waals surface area contributed by atoms with Crippen LogP contribution in [0.15, 0.2) is 41.0 Å². The molecule has 0 amide bonds. The molecule has 0 bridgehead atoms. The third-order valence-electron chi connectivity index (χ3n) is 4.08. The lowest BCUT2D eigenvalue weighted by Crippen LogP contribution is -2.45. The highest BCUT2D eigenvalue weighted by molar-refractivity contribution is 5.51. The van der Waals surface area contributed by atoms with Crippen LogP contribution >= 0.6 is 0 Å². The summed E-state index contributed by atoms with van der Waals surface area (Å²) in [5.74, 6) is 0.829. The SMILES string of the molecule is FC1(F)Oc2cccc([C@@H](c3ccco3)N3CCNCC3)c2O1. The summed E-state index contributed by atoms with van der Waals surface area (Å²) in [5.41, 5.74) is 0.622. The van der Waals surface area contributed by atoms with Crippen LogP contribution in [-0.2, 0) is 0 Å². The molecule has 3 heterocycles. The Morgan fingerprint density at radius 2 is 1.91 bits per heavy atom. The van der Waals surface area contributed by atoms with Crippen molar-refractivity contribution >= 4 is 0 Å². The number of rotatable bonds is 3. The summed E-state index contributed by atoms with van der Waals surface area (Å²) in [6.45, 7) is 3.23. The van der Waals surface area contributed by atoms with Crippen LogP contribution in [-0.4, -0.2) is 37.4 Å². The van der Waals surface area contributed by atoms with Crippen molar-refractivity contribution in [1.29, 1.82) is 0 Å². The summed E-state index contributed by atoms with van der Waals surface area (Å²) < 4.78 is 41.8. The average molecular weight is 322 g/mol. The highest BCUT2D eigenvalue weighted by Crippen LogP contribution is 2.47. The van der Waals surface area contributed by atoms with E-state index in [1.165, 1.54) is 6.07 Å². The largest absolute Gasteiger partial charge is 0.586 e. The van der Waals surface area contributed by atoms with Crippen molar-refractivity contribution < 1.29 is 22.7 Å². The molecule has 1 aromatic heterocycles. The molecule has 0 radical (unpaired) electrons. The maximum atomic E-state index is 13.5. The van der Waals surface area contributed by atoms with E-state index in [2.05, 4.69) is 15.0 Å². The van der Waals surface area contributed by atoms with E-state index in [4.69, 9.17) is 9.15 Å². The summed E-state index contributed by atoms with van der Waals surface area (Å²) >= 11 is 0. The minimum absolute atomic E-state index is 0.0548. The lowest BCUT2D eigenvalue weighted by atomic mass is 10.0. The maximum absolute atomic E-state index is 13.5. The van der Waals surface area contributed by atoms with Crippen LogP contribution in [0.2, 0.25) is 0 Å². The van der Waals surface area contributed by atoms with Crippen LogP contribution in [0.3, 0.4) is 0 Å². The van der Waals surface area contributed by atoms with Crippen LogP contribution in [0, 0.1) is 0 Å². The molecule has 0 aliphatic carbocycles. The molecule has 1 aromatic carbocycles. The monoisotopic (exact) mass is 322 g/mol. The number of nitrogens with zero attached hydrogens (tertiary/aromatic N) is 1. The topological polar surface area (TPSA) is 46.9 Å². The summed E-state index contributed by atoms with van der Waals surface area (Å²) in [6.07, 6.45) is -2.05. The van der Waals surface area contributed by atoms with E-state index in [1.807, 2.05) is 6.07 Å². The number of benzene rings is 1. The van der Waals surface area contributed by atoms with Gasteiger partial charge in [0.05, 0.1) is 12.3 Å². The van der Waals surface area contributed by atoms with Gasteiger partial charge in [0.1, 0.15) is 5.76 Å². The molecule has 1 atom stereocenters. The van der Waals surface area contributed by atoms with Crippen molar-refractivity contribution in [3.8, 4) is 11.5 Å². The maximum Gasteiger partial charge on any atom is 0.586 e. The van der Waals surface area contributed by atoms with Gasteiger partial charge in [-0.05, 0) is 18.2 Å². The lowest BCUT2D eigenvalue weighted by Gasteiger charge is -2.34.